The van der Waals surface area contributed by atoms with Gasteiger partial charge in [0.25, 0.3) is 11.8 Å². The van der Waals surface area contributed by atoms with E-state index in [4.69, 9.17) is 5.11 Å². The fourth-order valence-corrected chi connectivity index (χ4v) is 1.66. The number of unbranched alkanes of at least 4 members (excludes halogenated alkanes) is 1. The van der Waals surface area contributed by atoms with E-state index in [1.165, 1.54) is 13.0 Å². The Kier molecular flexibility index (Phi) is 3.82. The standard InChI is InChI=1S/C11H15NO4/c1-3-4-5-8(11(15)16)12-9(13)6-7(2)10(12)14/h6,8H,3-5H2,1-2H3,(H,15,16). The van der Waals surface area contributed by atoms with Crippen LogP contribution in [0.25, 0.3) is 0 Å². The molecule has 5 nitrogen and oxygen atoms in total. The molecule has 88 valence electrons. The van der Waals surface area contributed by atoms with Crippen molar-refractivity contribution in [3.05, 3.63) is 11.6 Å². The number of amides is 2. The largest absolute Gasteiger partial charge is 0.480 e. The average Bonchev–Trinajstić information content (AvgIpc) is 2.44. The molecule has 0 spiro atoms. The van der Waals surface area contributed by atoms with Crippen molar-refractivity contribution in [1.82, 2.24) is 4.90 Å². The van der Waals surface area contributed by atoms with E-state index in [-0.39, 0.29) is 0 Å². The number of hydrogen-bond donors (Lipinski definition) is 1. The molecule has 1 aliphatic rings. The predicted octanol–water partition coefficient (Wildman–Crippen LogP) is 0.945. The molecular formula is C11H15NO4. The summed E-state index contributed by atoms with van der Waals surface area (Å²) in [5, 5.41) is 9.01. The third-order valence-corrected chi connectivity index (χ3v) is 2.56. The highest BCUT2D eigenvalue weighted by molar-refractivity contribution is 6.17. The first-order valence-corrected chi connectivity index (χ1v) is 5.27. The van der Waals surface area contributed by atoms with Crippen molar-refractivity contribution in [1.29, 1.82) is 0 Å². The summed E-state index contributed by atoms with van der Waals surface area (Å²) >= 11 is 0. The molecule has 0 radical (unpaired) electrons. The van der Waals surface area contributed by atoms with E-state index in [0.717, 1.165) is 11.3 Å². The second-order valence-corrected chi connectivity index (χ2v) is 3.84. The molecule has 2 amide bonds. The summed E-state index contributed by atoms with van der Waals surface area (Å²) in [6.45, 7) is 3.44. The molecule has 1 aliphatic heterocycles. The minimum atomic E-state index is -1.13. The molecule has 0 fully saturated rings. The molecule has 0 aromatic carbocycles. The van der Waals surface area contributed by atoms with Crippen molar-refractivity contribution in [3.8, 4) is 0 Å². The van der Waals surface area contributed by atoms with E-state index >= 15 is 0 Å². The molecule has 1 atom stereocenters. The van der Waals surface area contributed by atoms with E-state index in [2.05, 4.69) is 0 Å². The number of imide groups is 1. The maximum atomic E-state index is 11.6. The maximum Gasteiger partial charge on any atom is 0.326 e. The monoisotopic (exact) mass is 225 g/mol. The summed E-state index contributed by atoms with van der Waals surface area (Å²) in [5.41, 5.74) is 0.299. The van der Waals surface area contributed by atoms with Crippen LogP contribution in [0.1, 0.15) is 33.1 Å². The Balaban J connectivity index is 2.84. The molecule has 0 bridgehead atoms. The second-order valence-electron chi connectivity index (χ2n) is 3.84. The lowest BCUT2D eigenvalue weighted by molar-refractivity contribution is -0.153. The van der Waals surface area contributed by atoms with Crippen LogP contribution in [0.2, 0.25) is 0 Å². The Hall–Kier alpha value is -1.65. The van der Waals surface area contributed by atoms with Crippen LogP contribution in [0.3, 0.4) is 0 Å². The molecule has 5 heteroatoms. The molecule has 1 rings (SSSR count). The van der Waals surface area contributed by atoms with Crippen molar-refractivity contribution >= 4 is 17.8 Å². The SMILES string of the molecule is CCCCC(C(=O)O)N1C(=O)C=C(C)C1=O. The summed E-state index contributed by atoms with van der Waals surface area (Å²) in [6, 6.07) is -1.03. The second kappa shape index (κ2) is 4.92. The van der Waals surface area contributed by atoms with Crippen LogP contribution in [-0.2, 0) is 14.4 Å². The third-order valence-electron chi connectivity index (χ3n) is 2.56. The zero-order chi connectivity index (χ0) is 12.3. The lowest BCUT2D eigenvalue weighted by Gasteiger charge is -2.22. The zero-order valence-corrected chi connectivity index (χ0v) is 9.40. The number of nitrogens with zero attached hydrogens (tertiary/aromatic N) is 1. The van der Waals surface area contributed by atoms with E-state index in [9.17, 15) is 14.4 Å². The summed E-state index contributed by atoms with van der Waals surface area (Å²) in [4.78, 5) is 34.9. The molecular weight excluding hydrogens is 210 g/mol. The number of hydrogen-bond acceptors (Lipinski definition) is 3. The number of carboxylic acid groups (broad SMARTS) is 1. The highest BCUT2D eigenvalue weighted by Crippen LogP contribution is 2.19. The summed E-state index contributed by atoms with van der Waals surface area (Å²) in [5.74, 6) is -2.14. The summed E-state index contributed by atoms with van der Waals surface area (Å²) in [6.07, 6.45) is 2.99. The predicted molar refractivity (Wildman–Crippen MR) is 56.6 cm³/mol. The number of aliphatic carboxylic acids is 1. The lowest BCUT2D eigenvalue weighted by atomic mass is 10.1. The van der Waals surface area contributed by atoms with Crippen LogP contribution in [0, 0.1) is 0 Å². The van der Waals surface area contributed by atoms with Gasteiger partial charge in [0, 0.05) is 11.6 Å². The number of rotatable bonds is 5. The maximum absolute atomic E-state index is 11.6. The van der Waals surface area contributed by atoms with Crippen molar-refractivity contribution < 1.29 is 19.5 Å². The first-order valence-electron chi connectivity index (χ1n) is 5.27. The van der Waals surface area contributed by atoms with Gasteiger partial charge in [0.05, 0.1) is 0 Å². The van der Waals surface area contributed by atoms with Crippen molar-refractivity contribution in [2.75, 3.05) is 0 Å². The van der Waals surface area contributed by atoms with Crippen LogP contribution >= 0.6 is 0 Å². The first kappa shape index (κ1) is 12.4. The van der Waals surface area contributed by atoms with Gasteiger partial charge >= 0.3 is 5.97 Å². The number of carbonyl (C=O) groups is 3. The highest BCUT2D eigenvalue weighted by atomic mass is 16.4. The number of carbonyl (C=O) groups excluding carboxylic acids is 2. The number of carboxylic acids is 1. The summed E-state index contributed by atoms with van der Waals surface area (Å²) in [7, 11) is 0. The highest BCUT2D eigenvalue weighted by Gasteiger charge is 2.37. The quantitative estimate of drug-likeness (QED) is 0.707. The van der Waals surface area contributed by atoms with Gasteiger partial charge in [-0.1, -0.05) is 19.8 Å². The van der Waals surface area contributed by atoms with Gasteiger partial charge in [-0.3, -0.25) is 14.5 Å². The van der Waals surface area contributed by atoms with Gasteiger partial charge in [-0.15, -0.1) is 0 Å². The van der Waals surface area contributed by atoms with Crippen LogP contribution in [0.15, 0.2) is 11.6 Å². The Bertz CT molecular complexity index is 359. The smallest absolute Gasteiger partial charge is 0.326 e. The average molecular weight is 225 g/mol. The third kappa shape index (κ3) is 2.29. The molecule has 1 unspecified atom stereocenters. The van der Waals surface area contributed by atoms with Crippen molar-refractivity contribution in [2.24, 2.45) is 0 Å². The van der Waals surface area contributed by atoms with E-state index < -0.39 is 23.8 Å². The van der Waals surface area contributed by atoms with Gasteiger partial charge in [-0.05, 0) is 13.3 Å². The Labute approximate surface area is 93.7 Å². The van der Waals surface area contributed by atoms with E-state index in [1.807, 2.05) is 6.92 Å². The molecule has 1 N–H and O–H groups in total. The minimum absolute atomic E-state index is 0.299. The van der Waals surface area contributed by atoms with Crippen LogP contribution < -0.4 is 0 Å². The van der Waals surface area contributed by atoms with Gasteiger partial charge < -0.3 is 5.11 Å². The molecule has 16 heavy (non-hydrogen) atoms. The molecule has 0 saturated carbocycles. The van der Waals surface area contributed by atoms with E-state index in [1.54, 1.807) is 0 Å². The lowest BCUT2D eigenvalue weighted by Crippen LogP contribution is -2.45. The Morgan fingerprint density at radius 2 is 2.12 bits per heavy atom. The van der Waals surface area contributed by atoms with Crippen LogP contribution in [0.5, 0.6) is 0 Å². The van der Waals surface area contributed by atoms with Gasteiger partial charge in [0.15, 0.2) is 0 Å². The Morgan fingerprint density at radius 1 is 1.50 bits per heavy atom. The van der Waals surface area contributed by atoms with Crippen LogP contribution in [-0.4, -0.2) is 33.8 Å². The molecule has 1 heterocycles. The zero-order valence-electron chi connectivity index (χ0n) is 9.40. The fraction of sp³-hybridized carbons (Fsp3) is 0.545. The molecule has 0 aromatic heterocycles. The van der Waals surface area contributed by atoms with Gasteiger partial charge in [-0.2, -0.15) is 0 Å². The van der Waals surface area contributed by atoms with Crippen molar-refractivity contribution in [2.45, 2.75) is 39.2 Å². The van der Waals surface area contributed by atoms with Crippen LogP contribution in [0.4, 0.5) is 0 Å². The van der Waals surface area contributed by atoms with E-state index in [0.29, 0.717) is 18.4 Å². The van der Waals surface area contributed by atoms with Crippen molar-refractivity contribution in [3.63, 3.8) is 0 Å². The van der Waals surface area contributed by atoms with Gasteiger partial charge in [0.2, 0.25) is 0 Å². The molecule has 0 aliphatic carbocycles. The Morgan fingerprint density at radius 3 is 2.50 bits per heavy atom. The first-order chi connectivity index (χ1) is 7.49. The molecule has 0 aromatic rings. The summed E-state index contributed by atoms with van der Waals surface area (Å²) < 4.78 is 0. The van der Waals surface area contributed by atoms with Gasteiger partial charge in [0.1, 0.15) is 6.04 Å². The minimum Gasteiger partial charge on any atom is -0.480 e. The molecule has 0 saturated heterocycles. The topological polar surface area (TPSA) is 74.7 Å². The van der Waals surface area contributed by atoms with Gasteiger partial charge in [-0.25, -0.2) is 4.79 Å². The normalized spacial score (nSPS) is 17.6. The fourth-order valence-electron chi connectivity index (χ4n) is 1.66.